The van der Waals surface area contributed by atoms with Crippen LogP contribution in [0.3, 0.4) is 0 Å². The molecule has 6 nitrogen and oxygen atoms in total. The van der Waals surface area contributed by atoms with Gasteiger partial charge in [-0.25, -0.2) is 0 Å². The van der Waals surface area contributed by atoms with Gasteiger partial charge in [-0.05, 0) is 50.4 Å². The Kier molecular flexibility index (Phi) is 5.23. The average molecular weight is 360 g/mol. The van der Waals surface area contributed by atoms with Gasteiger partial charge in [-0.2, -0.15) is 0 Å². The average Bonchev–Trinajstić information content (AvgIpc) is 3.28. The molecule has 2 fully saturated rings. The number of hydrogen-bond donors (Lipinski definition) is 1. The highest BCUT2D eigenvalue weighted by Crippen LogP contribution is 2.48. The van der Waals surface area contributed by atoms with E-state index in [2.05, 4.69) is 0 Å². The summed E-state index contributed by atoms with van der Waals surface area (Å²) < 4.78 is 5.23. The lowest BCUT2D eigenvalue weighted by Gasteiger charge is -2.34. The first kappa shape index (κ1) is 18.7. The second kappa shape index (κ2) is 7.27. The number of methoxy groups -OCH3 is 1. The molecule has 1 N–H and O–H groups in total. The van der Waals surface area contributed by atoms with Gasteiger partial charge in [0.1, 0.15) is 11.3 Å². The summed E-state index contributed by atoms with van der Waals surface area (Å²) in [6.45, 7) is 3.44. The van der Waals surface area contributed by atoms with Gasteiger partial charge < -0.3 is 14.7 Å². The molecule has 0 radical (unpaired) electrons. The molecule has 0 bridgehead atoms. The van der Waals surface area contributed by atoms with Gasteiger partial charge in [-0.1, -0.05) is 19.1 Å². The number of aliphatic carboxylic acids is 1. The lowest BCUT2D eigenvalue weighted by molar-refractivity contribution is -0.150. The first-order valence-electron chi connectivity index (χ1n) is 9.33. The van der Waals surface area contributed by atoms with Crippen molar-refractivity contribution in [1.82, 2.24) is 9.80 Å². The van der Waals surface area contributed by atoms with E-state index in [1.54, 1.807) is 7.11 Å². The third-order valence-electron chi connectivity index (χ3n) is 6.21. The van der Waals surface area contributed by atoms with Crippen molar-refractivity contribution in [2.24, 2.45) is 5.92 Å². The summed E-state index contributed by atoms with van der Waals surface area (Å²) in [4.78, 5) is 29.2. The van der Waals surface area contributed by atoms with E-state index in [0.717, 1.165) is 37.2 Å². The van der Waals surface area contributed by atoms with Crippen LogP contribution in [0.25, 0.3) is 0 Å². The van der Waals surface area contributed by atoms with Crippen LogP contribution >= 0.6 is 0 Å². The molecule has 2 aliphatic rings. The number of hydrogen-bond acceptors (Lipinski definition) is 4. The van der Waals surface area contributed by atoms with E-state index in [4.69, 9.17) is 4.74 Å². The Morgan fingerprint density at radius 2 is 1.85 bits per heavy atom. The SMILES string of the molecule is CC[C@@]1(C(=O)O)C[C@H](C(=O)N2CCCC2)[C@H](c2ccc(OC)cc2)N1C. The third-order valence-corrected chi connectivity index (χ3v) is 6.21. The van der Waals surface area contributed by atoms with E-state index >= 15 is 0 Å². The van der Waals surface area contributed by atoms with Gasteiger partial charge in [0, 0.05) is 19.1 Å². The van der Waals surface area contributed by atoms with Crippen LogP contribution in [0, 0.1) is 5.92 Å². The Morgan fingerprint density at radius 1 is 1.23 bits per heavy atom. The maximum atomic E-state index is 13.2. The number of likely N-dealkylation sites (N-methyl/N-ethyl adjacent to an activating group) is 1. The molecule has 0 unspecified atom stereocenters. The van der Waals surface area contributed by atoms with Gasteiger partial charge in [0.25, 0.3) is 0 Å². The van der Waals surface area contributed by atoms with Crippen LogP contribution < -0.4 is 4.74 Å². The van der Waals surface area contributed by atoms with Crippen molar-refractivity contribution in [3.05, 3.63) is 29.8 Å². The fraction of sp³-hybridized carbons (Fsp3) is 0.600. The number of rotatable bonds is 5. The number of carbonyl (C=O) groups is 2. The van der Waals surface area contributed by atoms with Crippen LogP contribution in [0.1, 0.15) is 44.2 Å². The molecular formula is C20H28N2O4. The molecule has 2 heterocycles. The lowest BCUT2D eigenvalue weighted by atomic mass is 9.86. The molecule has 1 aromatic rings. The Morgan fingerprint density at radius 3 is 2.35 bits per heavy atom. The van der Waals surface area contributed by atoms with Gasteiger partial charge in [0.2, 0.25) is 5.91 Å². The fourth-order valence-corrected chi connectivity index (χ4v) is 4.59. The molecule has 26 heavy (non-hydrogen) atoms. The maximum absolute atomic E-state index is 13.2. The number of nitrogens with zero attached hydrogens (tertiary/aromatic N) is 2. The zero-order valence-corrected chi connectivity index (χ0v) is 15.8. The summed E-state index contributed by atoms with van der Waals surface area (Å²) in [5, 5.41) is 9.96. The molecule has 1 amide bonds. The van der Waals surface area contributed by atoms with Gasteiger partial charge in [0.15, 0.2) is 0 Å². The monoisotopic (exact) mass is 360 g/mol. The molecular weight excluding hydrogens is 332 g/mol. The van der Waals surface area contributed by atoms with Crippen molar-refractivity contribution < 1.29 is 19.4 Å². The molecule has 0 aliphatic carbocycles. The van der Waals surface area contributed by atoms with Gasteiger partial charge in [-0.3, -0.25) is 14.5 Å². The smallest absolute Gasteiger partial charge is 0.324 e. The number of amides is 1. The van der Waals surface area contributed by atoms with Crippen LogP contribution in [-0.4, -0.2) is 59.6 Å². The van der Waals surface area contributed by atoms with E-state index in [1.807, 2.05) is 48.0 Å². The number of likely N-dealkylation sites (tertiary alicyclic amines) is 2. The fourth-order valence-electron chi connectivity index (χ4n) is 4.59. The number of ether oxygens (including phenoxy) is 1. The van der Waals surface area contributed by atoms with Gasteiger partial charge in [0.05, 0.1) is 13.0 Å². The Bertz CT molecular complexity index is 669. The molecule has 6 heteroatoms. The summed E-state index contributed by atoms with van der Waals surface area (Å²) >= 11 is 0. The molecule has 0 aromatic heterocycles. The predicted molar refractivity (Wildman–Crippen MR) is 98.1 cm³/mol. The van der Waals surface area contributed by atoms with E-state index in [9.17, 15) is 14.7 Å². The van der Waals surface area contributed by atoms with E-state index in [-0.39, 0.29) is 17.9 Å². The summed E-state index contributed by atoms with van der Waals surface area (Å²) in [6, 6.07) is 7.38. The highest BCUT2D eigenvalue weighted by atomic mass is 16.5. The largest absolute Gasteiger partial charge is 0.497 e. The second-order valence-corrected chi connectivity index (χ2v) is 7.36. The van der Waals surface area contributed by atoms with Crippen LogP contribution in [0.5, 0.6) is 5.75 Å². The highest BCUT2D eigenvalue weighted by Gasteiger charge is 2.56. The van der Waals surface area contributed by atoms with Crippen LogP contribution in [-0.2, 0) is 9.59 Å². The number of carboxylic acids is 1. The molecule has 1 aromatic carbocycles. The van der Waals surface area contributed by atoms with Gasteiger partial charge >= 0.3 is 5.97 Å². The summed E-state index contributed by atoms with van der Waals surface area (Å²) in [5.74, 6) is -0.358. The lowest BCUT2D eigenvalue weighted by Crippen LogP contribution is -2.48. The Labute approximate surface area is 154 Å². The van der Waals surface area contributed by atoms with Gasteiger partial charge in [-0.15, -0.1) is 0 Å². The topological polar surface area (TPSA) is 70.1 Å². The Balaban J connectivity index is 1.99. The molecule has 142 valence electrons. The van der Waals surface area contributed by atoms with Crippen molar-refractivity contribution in [3.8, 4) is 5.75 Å². The number of carboxylic acid groups (broad SMARTS) is 1. The quantitative estimate of drug-likeness (QED) is 0.874. The minimum atomic E-state index is -1.01. The first-order valence-corrected chi connectivity index (χ1v) is 9.33. The molecule has 3 atom stereocenters. The van der Waals surface area contributed by atoms with Crippen LogP contribution in [0.4, 0.5) is 0 Å². The van der Waals surface area contributed by atoms with E-state index < -0.39 is 11.5 Å². The minimum absolute atomic E-state index is 0.0896. The third kappa shape index (κ3) is 2.96. The van der Waals surface area contributed by atoms with Crippen molar-refractivity contribution in [2.45, 2.75) is 44.2 Å². The normalized spacial score (nSPS) is 29.1. The maximum Gasteiger partial charge on any atom is 0.324 e. The number of carbonyl (C=O) groups excluding carboxylic acids is 1. The van der Waals surface area contributed by atoms with E-state index in [1.165, 1.54) is 0 Å². The molecule has 0 saturated carbocycles. The second-order valence-electron chi connectivity index (χ2n) is 7.36. The van der Waals surface area contributed by atoms with Crippen LogP contribution in [0.2, 0.25) is 0 Å². The number of benzene rings is 1. The summed E-state index contributed by atoms with van der Waals surface area (Å²) in [6.07, 6.45) is 2.87. The predicted octanol–water partition coefficient (Wildman–Crippen LogP) is 2.54. The Hall–Kier alpha value is -2.08. The molecule has 2 aliphatic heterocycles. The van der Waals surface area contributed by atoms with E-state index in [0.29, 0.717) is 12.8 Å². The molecule has 0 spiro atoms. The zero-order valence-electron chi connectivity index (χ0n) is 15.8. The van der Waals surface area contributed by atoms with Crippen LogP contribution in [0.15, 0.2) is 24.3 Å². The van der Waals surface area contributed by atoms with Crippen molar-refractivity contribution >= 4 is 11.9 Å². The zero-order chi connectivity index (χ0) is 18.9. The summed E-state index contributed by atoms with van der Waals surface area (Å²) in [5.41, 5.74) is -0.0487. The first-order chi connectivity index (χ1) is 12.4. The minimum Gasteiger partial charge on any atom is -0.497 e. The molecule has 3 rings (SSSR count). The summed E-state index contributed by atoms with van der Waals surface area (Å²) in [7, 11) is 3.45. The highest BCUT2D eigenvalue weighted by molar-refractivity contribution is 5.85. The van der Waals surface area contributed by atoms with Crippen molar-refractivity contribution in [1.29, 1.82) is 0 Å². The van der Waals surface area contributed by atoms with Crippen molar-refractivity contribution in [2.75, 3.05) is 27.2 Å². The molecule has 2 saturated heterocycles. The van der Waals surface area contributed by atoms with Crippen molar-refractivity contribution in [3.63, 3.8) is 0 Å². The standard InChI is InChI=1S/C20H28N2O4/c1-4-20(19(24)25)13-16(18(23)22-11-5-6-12-22)17(21(20)2)14-7-9-15(26-3)10-8-14/h7-10,16-17H,4-6,11-13H2,1-3H3,(H,24,25)/t16-,17-,20-/m0/s1.